The van der Waals surface area contributed by atoms with E-state index in [1.54, 1.807) is 37.3 Å². The van der Waals surface area contributed by atoms with E-state index in [0.29, 0.717) is 31.0 Å². The molecule has 7 heteroatoms. The summed E-state index contributed by atoms with van der Waals surface area (Å²) in [5.74, 6) is 0.0584. The third-order valence-electron chi connectivity index (χ3n) is 5.01. The summed E-state index contributed by atoms with van der Waals surface area (Å²) in [6.07, 6.45) is 1.78. The van der Waals surface area contributed by atoms with Crippen molar-refractivity contribution in [1.29, 1.82) is 0 Å². The van der Waals surface area contributed by atoms with Crippen molar-refractivity contribution < 1.29 is 17.9 Å². The standard InChI is InChI=1S/C20H26N2O4S/c1-4-12-22-15(3)14(2)18(27(24,25)16-9-6-5-7-10-16)19(22)21-20(23)17-11-8-13-26-17/h5-7,9-10,17H,4,8,11-13H2,1-3H3,(H,21,23)/t17-/m1/s1. The summed E-state index contributed by atoms with van der Waals surface area (Å²) in [4.78, 5) is 13.1. The first-order chi connectivity index (χ1) is 12.9. The first-order valence-corrected chi connectivity index (χ1v) is 10.8. The van der Waals surface area contributed by atoms with Gasteiger partial charge in [-0.15, -0.1) is 0 Å². The minimum absolute atomic E-state index is 0.172. The molecule has 1 atom stereocenters. The second-order valence-corrected chi connectivity index (χ2v) is 8.73. The number of nitrogens with one attached hydrogen (secondary N) is 1. The van der Waals surface area contributed by atoms with Crippen LogP contribution in [0.5, 0.6) is 0 Å². The van der Waals surface area contributed by atoms with Crippen molar-refractivity contribution in [3.05, 3.63) is 41.6 Å². The number of carbonyl (C=O) groups is 1. The zero-order valence-electron chi connectivity index (χ0n) is 16.0. The van der Waals surface area contributed by atoms with Crippen molar-refractivity contribution in [2.24, 2.45) is 0 Å². The number of aromatic nitrogens is 1. The monoisotopic (exact) mass is 390 g/mol. The normalized spacial score (nSPS) is 17.2. The van der Waals surface area contributed by atoms with Crippen molar-refractivity contribution in [3.63, 3.8) is 0 Å². The van der Waals surface area contributed by atoms with Gasteiger partial charge in [-0.25, -0.2) is 8.42 Å². The molecule has 1 fully saturated rings. The van der Waals surface area contributed by atoms with E-state index in [1.165, 1.54) is 0 Å². The van der Waals surface area contributed by atoms with Crippen molar-refractivity contribution in [1.82, 2.24) is 4.57 Å². The zero-order valence-corrected chi connectivity index (χ0v) is 16.8. The molecule has 1 aliphatic heterocycles. The smallest absolute Gasteiger partial charge is 0.254 e. The molecule has 2 aromatic rings. The molecule has 3 rings (SSSR count). The highest BCUT2D eigenvalue weighted by molar-refractivity contribution is 7.91. The topological polar surface area (TPSA) is 77.4 Å². The molecule has 0 saturated carbocycles. The number of nitrogens with zero attached hydrogens (tertiary/aromatic N) is 1. The third kappa shape index (κ3) is 3.66. The van der Waals surface area contributed by atoms with Gasteiger partial charge in [-0.2, -0.15) is 0 Å². The van der Waals surface area contributed by atoms with Gasteiger partial charge in [0.1, 0.15) is 16.8 Å². The van der Waals surface area contributed by atoms with Crippen LogP contribution in [0.25, 0.3) is 0 Å². The van der Waals surface area contributed by atoms with E-state index in [0.717, 1.165) is 18.5 Å². The molecule has 1 N–H and O–H groups in total. The van der Waals surface area contributed by atoms with Crippen molar-refractivity contribution >= 4 is 21.6 Å². The van der Waals surface area contributed by atoms with Gasteiger partial charge in [-0.3, -0.25) is 4.79 Å². The summed E-state index contributed by atoms with van der Waals surface area (Å²) in [6, 6.07) is 8.32. The van der Waals surface area contributed by atoms with Gasteiger partial charge in [0.25, 0.3) is 5.91 Å². The molecular formula is C20H26N2O4S. The van der Waals surface area contributed by atoms with Crippen LogP contribution >= 0.6 is 0 Å². The Balaban J connectivity index is 2.12. The van der Waals surface area contributed by atoms with Crippen LogP contribution in [0.15, 0.2) is 40.1 Å². The lowest BCUT2D eigenvalue weighted by Gasteiger charge is -2.16. The maximum atomic E-state index is 13.4. The van der Waals surface area contributed by atoms with Crippen molar-refractivity contribution in [3.8, 4) is 0 Å². The van der Waals surface area contributed by atoms with E-state index in [2.05, 4.69) is 5.32 Å². The Morgan fingerprint density at radius 1 is 1.26 bits per heavy atom. The van der Waals surface area contributed by atoms with Crippen molar-refractivity contribution in [2.45, 2.75) is 62.5 Å². The summed E-state index contributed by atoms with van der Waals surface area (Å²) < 4.78 is 34.1. The highest BCUT2D eigenvalue weighted by Gasteiger charge is 2.32. The fraction of sp³-hybridized carbons (Fsp3) is 0.450. The van der Waals surface area contributed by atoms with Crippen LogP contribution in [0.2, 0.25) is 0 Å². The molecule has 1 aromatic carbocycles. The zero-order chi connectivity index (χ0) is 19.6. The van der Waals surface area contributed by atoms with Gasteiger partial charge in [-0.05, 0) is 50.8 Å². The van der Waals surface area contributed by atoms with Crippen molar-refractivity contribution in [2.75, 3.05) is 11.9 Å². The van der Waals surface area contributed by atoms with Gasteiger partial charge in [0, 0.05) is 18.8 Å². The number of amides is 1. The van der Waals surface area contributed by atoms with E-state index < -0.39 is 15.9 Å². The molecule has 0 spiro atoms. The summed E-state index contributed by atoms with van der Waals surface area (Å²) in [5.41, 5.74) is 1.50. The second-order valence-electron chi connectivity index (χ2n) is 6.85. The molecule has 0 bridgehead atoms. The minimum Gasteiger partial charge on any atom is -0.368 e. The predicted molar refractivity (Wildman–Crippen MR) is 104 cm³/mol. The first-order valence-electron chi connectivity index (χ1n) is 9.30. The number of hydrogen-bond acceptors (Lipinski definition) is 4. The number of anilines is 1. The molecule has 6 nitrogen and oxygen atoms in total. The van der Waals surface area contributed by atoms with Crippen LogP contribution in [0, 0.1) is 13.8 Å². The number of benzene rings is 1. The Labute approximate surface area is 160 Å². The fourth-order valence-corrected chi connectivity index (χ4v) is 5.21. The van der Waals surface area contributed by atoms with E-state index in [1.807, 2.05) is 18.4 Å². The van der Waals surface area contributed by atoms with Crippen LogP contribution in [0.1, 0.15) is 37.4 Å². The Morgan fingerprint density at radius 3 is 2.56 bits per heavy atom. The molecule has 1 aromatic heterocycles. The SMILES string of the molecule is CCCn1c(C)c(C)c(S(=O)(=O)c2ccccc2)c1NC(=O)[C@H]1CCCO1. The number of rotatable bonds is 6. The average Bonchev–Trinajstić information content (AvgIpc) is 3.27. The number of sulfone groups is 1. The van der Waals surface area contributed by atoms with Gasteiger partial charge < -0.3 is 14.6 Å². The lowest BCUT2D eigenvalue weighted by molar-refractivity contribution is -0.124. The molecule has 0 radical (unpaired) electrons. The molecule has 1 aliphatic rings. The highest BCUT2D eigenvalue weighted by Crippen LogP contribution is 2.35. The number of hydrogen-bond donors (Lipinski definition) is 1. The number of carbonyl (C=O) groups excluding carboxylic acids is 1. The summed E-state index contributed by atoms with van der Waals surface area (Å²) >= 11 is 0. The van der Waals surface area contributed by atoms with E-state index >= 15 is 0 Å². The first kappa shape index (κ1) is 19.6. The summed E-state index contributed by atoms with van der Waals surface area (Å²) in [7, 11) is -3.77. The van der Waals surface area contributed by atoms with E-state index in [-0.39, 0.29) is 15.7 Å². The Hall–Kier alpha value is -2.12. The van der Waals surface area contributed by atoms with Crippen LogP contribution in [-0.4, -0.2) is 31.6 Å². The fourth-order valence-electron chi connectivity index (χ4n) is 3.49. The van der Waals surface area contributed by atoms with Crippen LogP contribution in [-0.2, 0) is 25.9 Å². The Bertz CT molecular complexity index is 927. The average molecular weight is 391 g/mol. The molecule has 146 valence electrons. The minimum atomic E-state index is -3.77. The molecule has 2 heterocycles. The third-order valence-corrected chi connectivity index (χ3v) is 6.94. The quantitative estimate of drug-likeness (QED) is 0.819. The Kier molecular flexibility index (Phi) is 5.72. The molecule has 0 unspecified atom stereocenters. The molecule has 1 amide bonds. The lowest BCUT2D eigenvalue weighted by atomic mass is 10.2. The predicted octanol–water partition coefficient (Wildman–Crippen LogP) is 3.47. The summed E-state index contributed by atoms with van der Waals surface area (Å²) in [6.45, 7) is 6.88. The van der Waals surface area contributed by atoms with Gasteiger partial charge in [0.05, 0.1) is 4.90 Å². The van der Waals surface area contributed by atoms with Crippen LogP contribution in [0.3, 0.4) is 0 Å². The number of ether oxygens (including phenoxy) is 1. The molecule has 0 aliphatic carbocycles. The molecule has 1 saturated heterocycles. The largest absolute Gasteiger partial charge is 0.368 e. The maximum absolute atomic E-state index is 13.4. The van der Waals surface area contributed by atoms with Gasteiger partial charge >= 0.3 is 0 Å². The summed E-state index contributed by atoms with van der Waals surface area (Å²) in [5, 5.41) is 2.86. The van der Waals surface area contributed by atoms with Gasteiger partial charge in [0.15, 0.2) is 0 Å². The maximum Gasteiger partial charge on any atom is 0.254 e. The van der Waals surface area contributed by atoms with E-state index in [9.17, 15) is 13.2 Å². The Morgan fingerprint density at radius 2 is 1.96 bits per heavy atom. The lowest BCUT2D eigenvalue weighted by Crippen LogP contribution is -2.29. The van der Waals surface area contributed by atoms with Crippen LogP contribution < -0.4 is 5.32 Å². The molecular weight excluding hydrogens is 364 g/mol. The van der Waals surface area contributed by atoms with Crippen LogP contribution in [0.4, 0.5) is 5.82 Å². The highest BCUT2D eigenvalue weighted by atomic mass is 32.2. The van der Waals surface area contributed by atoms with Gasteiger partial charge in [-0.1, -0.05) is 25.1 Å². The van der Waals surface area contributed by atoms with Gasteiger partial charge in [0.2, 0.25) is 9.84 Å². The second kappa shape index (κ2) is 7.86. The molecule has 27 heavy (non-hydrogen) atoms. The van der Waals surface area contributed by atoms with E-state index in [4.69, 9.17) is 4.74 Å².